The van der Waals surface area contributed by atoms with Gasteiger partial charge in [-0.2, -0.15) is 5.10 Å². The van der Waals surface area contributed by atoms with Crippen LogP contribution in [0.25, 0.3) is 0 Å². The molecule has 0 fully saturated rings. The van der Waals surface area contributed by atoms with Crippen molar-refractivity contribution in [3.05, 3.63) is 88.7 Å². The lowest BCUT2D eigenvalue weighted by Gasteiger charge is -2.40. The van der Waals surface area contributed by atoms with E-state index in [4.69, 9.17) is 0 Å². The Balaban J connectivity index is 1.38. The molecule has 182 valence electrons. The summed E-state index contributed by atoms with van der Waals surface area (Å²) in [6.07, 6.45) is 1.66. The molecule has 8 nitrogen and oxygen atoms in total. The largest absolute Gasteiger partial charge is 0.351 e. The molecule has 0 saturated heterocycles. The molecule has 8 heteroatoms. The minimum atomic E-state index is -1.13. The van der Waals surface area contributed by atoms with E-state index < -0.39 is 5.54 Å². The third kappa shape index (κ3) is 5.26. The van der Waals surface area contributed by atoms with Gasteiger partial charge in [-0.25, -0.2) is 0 Å². The van der Waals surface area contributed by atoms with Gasteiger partial charge in [0.05, 0.1) is 6.54 Å². The third-order valence-corrected chi connectivity index (χ3v) is 6.57. The molecule has 1 unspecified atom stereocenters. The fourth-order valence-corrected chi connectivity index (χ4v) is 4.15. The summed E-state index contributed by atoms with van der Waals surface area (Å²) < 4.78 is 1.46. The van der Waals surface area contributed by atoms with Crippen molar-refractivity contribution in [2.75, 3.05) is 13.6 Å². The van der Waals surface area contributed by atoms with Crippen LogP contribution in [0, 0.1) is 6.92 Å². The van der Waals surface area contributed by atoms with Crippen LogP contribution >= 0.6 is 0 Å². The summed E-state index contributed by atoms with van der Waals surface area (Å²) in [5.74, 6) is -0.956. The van der Waals surface area contributed by atoms with Gasteiger partial charge < -0.3 is 15.5 Å². The molecule has 1 aliphatic heterocycles. The van der Waals surface area contributed by atoms with Crippen LogP contribution in [-0.4, -0.2) is 51.5 Å². The first kappa shape index (κ1) is 24.2. The van der Waals surface area contributed by atoms with E-state index in [1.807, 2.05) is 49.4 Å². The first-order valence-electron chi connectivity index (χ1n) is 11.8. The first-order chi connectivity index (χ1) is 16.8. The highest BCUT2D eigenvalue weighted by molar-refractivity contribution is 6.01. The second-order valence-corrected chi connectivity index (χ2v) is 9.22. The summed E-state index contributed by atoms with van der Waals surface area (Å²) in [6, 6.07) is 19.5. The van der Waals surface area contributed by atoms with E-state index in [-0.39, 0.29) is 30.0 Å². The van der Waals surface area contributed by atoms with E-state index in [0.717, 1.165) is 24.0 Å². The molecule has 0 bridgehead atoms. The van der Waals surface area contributed by atoms with Crippen molar-refractivity contribution < 1.29 is 14.4 Å². The van der Waals surface area contributed by atoms with Crippen molar-refractivity contribution in [3.63, 3.8) is 0 Å². The summed E-state index contributed by atoms with van der Waals surface area (Å²) in [4.78, 5) is 40.3. The molecule has 0 radical (unpaired) electrons. The first-order valence-corrected chi connectivity index (χ1v) is 11.8. The van der Waals surface area contributed by atoms with Gasteiger partial charge in [0.15, 0.2) is 5.69 Å². The maximum Gasteiger partial charge on any atom is 0.272 e. The Morgan fingerprint density at radius 3 is 2.46 bits per heavy atom. The maximum atomic E-state index is 13.1. The average Bonchev–Trinajstić information content (AvgIpc) is 3.29. The zero-order chi connectivity index (χ0) is 25.0. The highest BCUT2D eigenvalue weighted by Crippen LogP contribution is 2.26. The summed E-state index contributed by atoms with van der Waals surface area (Å²) in [5.41, 5.74) is 2.67. The van der Waals surface area contributed by atoms with E-state index in [2.05, 4.69) is 27.9 Å². The monoisotopic (exact) mass is 473 g/mol. The number of rotatable bonds is 8. The van der Waals surface area contributed by atoms with Gasteiger partial charge in [0.25, 0.3) is 11.8 Å². The van der Waals surface area contributed by atoms with Gasteiger partial charge >= 0.3 is 0 Å². The van der Waals surface area contributed by atoms with E-state index in [9.17, 15) is 14.4 Å². The van der Waals surface area contributed by atoms with E-state index >= 15 is 0 Å². The Hall–Kier alpha value is -3.94. The Kier molecular flexibility index (Phi) is 7.00. The topological polar surface area (TPSA) is 96.3 Å². The van der Waals surface area contributed by atoms with Gasteiger partial charge in [-0.1, -0.05) is 60.2 Å². The molecule has 4 rings (SSSR count). The van der Waals surface area contributed by atoms with Crippen molar-refractivity contribution in [2.24, 2.45) is 0 Å². The van der Waals surface area contributed by atoms with Crippen molar-refractivity contribution in [1.82, 2.24) is 25.3 Å². The molecule has 0 saturated carbocycles. The molecule has 1 aromatic heterocycles. The fourth-order valence-electron chi connectivity index (χ4n) is 4.15. The van der Waals surface area contributed by atoms with Crippen molar-refractivity contribution in [2.45, 2.75) is 45.3 Å². The number of likely N-dealkylation sites (N-methyl/N-ethyl adjacent to an activating group) is 1. The number of nitrogens with one attached hydrogen (secondary N) is 2. The number of benzene rings is 2. The van der Waals surface area contributed by atoms with Crippen LogP contribution in [0.15, 0.2) is 60.7 Å². The second kappa shape index (κ2) is 10.1. The van der Waals surface area contributed by atoms with E-state index in [1.165, 1.54) is 21.2 Å². The summed E-state index contributed by atoms with van der Waals surface area (Å²) in [5, 5.41) is 10.2. The molecule has 0 aliphatic carbocycles. The normalized spacial score (nSPS) is 17.1. The highest BCUT2D eigenvalue weighted by atomic mass is 16.2. The number of hydrogen-bond acceptors (Lipinski definition) is 4. The molecule has 0 spiro atoms. The number of fused-ring (bicyclic) bond motifs is 1. The Bertz CT molecular complexity index is 1220. The molecule has 2 heterocycles. The molecular weight excluding hydrogens is 442 g/mol. The standard InChI is InChI=1S/C27H31N5O3/c1-19-11-13-21(14-12-19)17-29-26(35)27(2)18-32-23(25(34)31(27)3)16-22(30-32)24(33)28-15-7-10-20-8-5-4-6-9-20/h4-6,8-9,11-14,16H,7,10,15,17-18H2,1-3H3,(H,28,33)(H,29,35). The number of carbonyl (C=O) groups excluding carboxylic acids is 3. The lowest BCUT2D eigenvalue weighted by molar-refractivity contribution is -0.132. The maximum absolute atomic E-state index is 13.1. The van der Waals surface area contributed by atoms with Gasteiger partial charge in [-0.05, 0) is 37.8 Å². The minimum absolute atomic E-state index is 0.158. The fraction of sp³-hybridized carbons (Fsp3) is 0.333. The second-order valence-electron chi connectivity index (χ2n) is 9.22. The third-order valence-electron chi connectivity index (χ3n) is 6.57. The molecule has 2 aromatic carbocycles. The average molecular weight is 474 g/mol. The quantitative estimate of drug-likeness (QED) is 0.492. The number of aryl methyl sites for hydroxylation is 2. The number of nitrogens with zero attached hydrogens (tertiary/aromatic N) is 3. The summed E-state index contributed by atoms with van der Waals surface area (Å²) in [7, 11) is 1.60. The van der Waals surface area contributed by atoms with Gasteiger partial charge in [0, 0.05) is 26.2 Å². The van der Waals surface area contributed by atoms with Crippen LogP contribution in [-0.2, 0) is 24.3 Å². The molecule has 3 aromatic rings. The Morgan fingerprint density at radius 1 is 1.03 bits per heavy atom. The zero-order valence-corrected chi connectivity index (χ0v) is 20.4. The van der Waals surface area contributed by atoms with Crippen LogP contribution in [0.3, 0.4) is 0 Å². The van der Waals surface area contributed by atoms with Gasteiger partial charge in [0.1, 0.15) is 11.2 Å². The van der Waals surface area contributed by atoms with Crippen LogP contribution in [0.5, 0.6) is 0 Å². The number of aromatic nitrogens is 2. The summed E-state index contributed by atoms with van der Waals surface area (Å²) in [6.45, 7) is 4.74. The number of hydrogen-bond donors (Lipinski definition) is 2. The number of carbonyl (C=O) groups is 3. The molecular formula is C27H31N5O3. The van der Waals surface area contributed by atoms with Crippen LogP contribution in [0.4, 0.5) is 0 Å². The lowest BCUT2D eigenvalue weighted by Crippen LogP contribution is -2.62. The Morgan fingerprint density at radius 2 is 1.74 bits per heavy atom. The van der Waals surface area contributed by atoms with Gasteiger partial charge in [-0.15, -0.1) is 0 Å². The van der Waals surface area contributed by atoms with E-state index in [0.29, 0.717) is 18.8 Å². The lowest BCUT2D eigenvalue weighted by atomic mass is 9.95. The zero-order valence-electron chi connectivity index (χ0n) is 20.4. The molecule has 1 aliphatic rings. The van der Waals surface area contributed by atoms with Crippen molar-refractivity contribution in [1.29, 1.82) is 0 Å². The SMILES string of the molecule is Cc1ccc(CNC(=O)C2(C)Cn3nc(C(=O)NCCCc4ccccc4)cc3C(=O)N2C)cc1. The van der Waals surface area contributed by atoms with Crippen LogP contribution in [0.1, 0.15) is 51.0 Å². The van der Waals surface area contributed by atoms with E-state index in [1.54, 1.807) is 14.0 Å². The van der Waals surface area contributed by atoms with Gasteiger partial charge in [-0.3, -0.25) is 19.1 Å². The van der Waals surface area contributed by atoms with Crippen molar-refractivity contribution >= 4 is 17.7 Å². The molecule has 1 atom stereocenters. The smallest absolute Gasteiger partial charge is 0.272 e. The van der Waals surface area contributed by atoms with Crippen LogP contribution in [0.2, 0.25) is 0 Å². The Labute approximate surface area is 205 Å². The van der Waals surface area contributed by atoms with Crippen molar-refractivity contribution in [3.8, 4) is 0 Å². The highest BCUT2D eigenvalue weighted by Gasteiger charge is 2.46. The number of amides is 3. The predicted molar refractivity (Wildman–Crippen MR) is 133 cm³/mol. The van der Waals surface area contributed by atoms with Gasteiger partial charge in [0.2, 0.25) is 5.91 Å². The molecule has 2 N–H and O–H groups in total. The predicted octanol–water partition coefficient (Wildman–Crippen LogP) is 2.71. The minimum Gasteiger partial charge on any atom is -0.351 e. The molecule has 35 heavy (non-hydrogen) atoms. The summed E-state index contributed by atoms with van der Waals surface area (Å²) >= 11 is 0. The molecule has 3 amide bonds. The van der Waals surface area contributed by atoms with Crippen LogP contribution < -0.4 is 10.6 Å².